The third-order valence-corrected chi connectivity index (χ3v) is 4.99. The third-order valence-electron chi connectivity index (χ3n) is 4.69. The van der Waals surface area contributed by atoms with E-state index in [4.69, 9.17) is 11.6 Å². The number of benzene rings is 1. The average Bonchev–Trinajstić information content (AvgIpc) is 2.91. The molecule has 0 aliphatic heterocycles. The average molecular weight is 503 g/mol. The van der Waals surface area contributed by atoms with E-state index in [1.165, 1.54) is 18.7 Å². The molecule has 0 atom stereocenters. The predicted octanol–water partition coefficient (Wildman–Crippen LogP) is 5.52. The SMILES string of the molecule is Clc1ncccc1-c1ccncn1.O=[N+]([O-])c1cc(Nc2ncccc2-c2ccncn2)ccc1F. The number of nitrogens with one attached hydrogen (secondary N) is 1. The van der Waals surface area contributed by atoms with E-state index in [1.54, 1.807) is 49.1 Å². The molecule has 1 aromatic carbocycles. The van der Waals surface area contributed by atoms with Crippen LogP contribution in [0.15, 0.2) is 92.0 Å². The molecule has 5 aromatic rings. The first kappa shape index (κ1) is 24.2. The van der Waals surface area contributed by atoms with Crippen molar-refractivity contribution in [1.82, 2.24) is 29.9 Å². The largest absolute Gasteiger partial charge is 0.339 e. The van der Waals surface area contributed by atoms with Gasteiger partial charge in [0.15, 0.2) is 0 Å². The molecule has 178 valence electrons. The standard InChI is InChI=1S/C15H10FN5O2.C9H6ClN3/c16-12-4-3-10(8-14(12)21(22)23)20-15-11(2-1-6-18-15)13-5-7-17-9-19-13;10-9-7(2-1-4-12-9)8-3-5-11-6-13-8/h1-9H,(H,18,20);1-6H. The molecule has 0 aliphatic rings. The van der Waals surface area contributed by atoms with Gasteiger partial charge in [-0.05, 0) is 48.5 Å². The molecule has 12 heteroatoms. The van der Waals surface area contributed by atoms with Crippen LogP contribution in [0.2, 0.25) is 5.15 Å². The number of pyridine rings is 2. The number of anilines is 2. The summed E-state index contributed by atoms with van der Waals surface area (Å²) in [6.45, 7) is 0. The molecule has 0 amide bonds. The Bertz CT molecular complexity index is 1480. The minimum Gasteiger partial charge on any atom is -0.339 e. The number of hydrogen-bond acceptors (Lipinski definition) is 9. The molecule has 4 heterocycles. The Hall–Kier alpha value is -4.90. The van der Waals surface area contributed by atoms with Gasteiger partial charge in [0.25, 0.3) is 0 Å². The van der Waals surface area contributed by atoms with Gasteiger partial charge in [-0.25, -0.2) is 29.9 Å². The zero-order chi connectivity index (χ0) is 25.3. The summed E-state index contributed by atoms with van der Waals surface area (Å²) in [7, 11) is 0. The second kappa shape index (κ2) is 11.5. The minimum atomic E-state index is -0.891. The first-order valence-electron chi connectivity index (χ1n) is 10.3. The predicted molar refractivity (Wildman–Crippen MR) is 132 cm³/mol. The lowest BCUT2D eigenvalue weighted by Gasteiger charge is -2.10. The van der Waals surface area contributed by atoms with E-state index >= 15 is 0 Å². The van der Waals surface area contributed by atoms with E-state index in [2.05, 4.69) is 35.2 Å². The number of aromatic nitrogens is 6. The minimum absolute atomic E-state index is 0.354. The number of halogens is 2. The molecular formula is C24H16ClFN8O2. The lowest BCUT2D eigenvalue weighted by atomic mass is 10.1. The van der Waals surface area contributed by atoms with E-state index < -0.39 is 16.4 Å². The number of nitro groups is 1. The van der Waals surface area contributed by atoms with E-state index in [0.717, 1.165) is 23.4 Å². The van der Waals surface area contributed by atoms with Crippen LogP contribution >= 0.6 is 11.6 Å². The van der Waals surface area contributed by atoms with Crippen molar-refractivity contribution >= 4 is 28.8 Å². The molecule has 36 heavy (non-hydrogen) atoms. The van der Waals surface area contributed by atoms with Crippen molar-refractivity contribution in [3.05, 3.63) is 113 Å². The first-order chi connectivity index (χ1) is 17.5. The summed E-state index contributed by atoms with van der Waals surface area (Å²) < 4.78 is 13.4. The molecule has 0 saturated heterocycles. The lowest BCUT2D eigenvalue weighted by Crippen LogP contribution is -1.99. The van der Waals surface area contributed by atoms with Crippen LogP contribution in [0.3, 0.4) is 0 Å². The van der Waals surface area contributed by atoms with Gasteiger partial charge in [-0.3, -0.25) is 10.1 Å². The fourth-order valence-electron chi connectivity index (χ4n) is 3.06. The van der Waals surface area contributed by atoms with Gasteiger partial charge in [-0.2, -0.15) is 4.39 Å². The maximum atomic E-state index is 13.4. The summed E-state index contributed by atoms with van der Waals surface area (Å²) in [6.07, 6.45) is 9.39. The fraction of sp³-hybridized carbons (Fsp3) is 0. The number of rotatable bonds is 5. The fourth-order valence-corrected chi connectivity index (χ4v) is 3.27. The summed E-state index contributed by atoms with van der Waals surface area (Å²) in [6, 6.07) is 14.3. The molecular weight excluding hydrogens is 487 g/mol. The van der Waals surface area contributed by atoms with Gasteiger partial charge in [0.2, 0.25) is 5.82 Å². The van der Waals surface area contributed by atoms with Crippen molar-refractivity contribution < 1.29 is 9.31 Å². The third kappa shape index (κ3) is 5.96. The summed E-state index contributed by atoms with van der Waals surface area (Å²) >= 11 is 5.89. The second-order valence-electron chi connectivity index (χ2n) is 6.98. The van der Waals surface area contributed by atoms with Crippen LogP contribution in [0.4, 0.5) is 21.6 Å². The van der Waals surface area contributed by atoms with Crippen LogP contribution in [0.1, 0.15) is 0 Å². The summed E-state index contributed by atoms with van der Waals surface area (Å²) in [5.41, 5.74) is 2.70. The Kier molecular flexibility index (Phi) is 7.73. The summed E-state index contributed by atoms with van der Waals surface area (Å²) in [5.74, 6) is -0.440. The second-order valence-corrected chi connectivity index (χ2v) is 7.34. The quantitative estimate of drug-likeness (QED) is 0.187. The zero-order valence-corrected chi connectivity index (χ0v) is 19.1. The van der Waals surface area contributed by atoms with Crippen molar-refractivity contribution in [2.24, 2.45) is 0 Å². The molecule has 1 N–H and O–H groups in total. The van der Waals surface area contributed by atoms with Crippen molar-refractivity contribution in [2.75, 3.05) is 5.32 Å². The van der Waals surface area contributed by atoms with Crippen LogP contribution in [0, 0.1) is 15.9 Å². The van der Waals surface area contributed by atoms with Gasteiger partial charge in [0.05, 0.1) is 16.3 Å². The highest BCUT2D eigenvalue weighted by molar-refractivity contribution is 6.32. The summed E-state index contributed by atoms with van der Waals surface area (Å²) in [5, 5.41) is 14.2. The van der Waals surface area contributed by atoms with Crippen molar-refractivity contribution in [2.45, 2.75) is 0 Å². The Morgan fingerprint density at radius 2 is 1.44 bits per heavy atom. The number of nitro benzene ring substituents is 1. The van der Waals surface area contributed by atoms with Crippen LogP contribution in [0.5, 0.6) is 0 Å². The first-order valence-corrected chi connectivity index (χ1v) is 10.7. The maximum Gasteiger partial charge on any atom is 0.306 e. The molecule has 0 aliphatic carbocycles. The molecule has 10 nitrogen and oxygen atoms in total. The smallest absolute Gasteiger partial charge is 0.306 e. The summed E-state index contributed by atoms with van der Waals surface area (Å²) in [4.78, 5) is 34.1. The molecule has 0 fully saturated rings. The number of hydrogen-bond donors (Lipinski definition) is 1. The van der Waals surface area contributed by atoms with Crippen LogP contribution in [-0.4, -0.2) is 34.8 Å². The van der Waals surface area contributed by atoms with Gasteiger partial charge in [0.1, 0.15) is 23.6 Å². The molecule has 5 rings (SSSR count). The highest BCUT2D eigenvalue weighted by Gasteiger charge is 2.15. The normalized spacial score (nSPS) is 10.2. The molecule has 0 radical (unpaired) electrons. The molecule has 0 unspecified atom stereocenters. The zero-order valence-electron chi connectivity index (χ0n) is 18.4. The monoisotopic (exact) mass is 502 g/mol. The Balaban J connectivity index is 0.000000197. The molecule has 0 spiro atoms. The highest BCUT2D eigenvalue weighted by atomic mass is 35.5. The van der Waals surface area contributed by atoms with Gasteiger partial charge in [0, 0.05) is 47.7 Å². The van der Waals surface area contributed by atoms with Crippen LogP contribution in [0.25, 0.3) is 22.5 Å². The molecule has 4 aromatic heterocycles. The Morgan fingerprint density at radius 1 is 0.806 bits per heavy atom. The van der Waals surface area contributed by atoms with Gasteiger partial charge < -0.3 is 5.32 Å². The molecule has 0 saturated carbocycles. The van der Waals surface area contributed by atoms with E-state index in [0.29, 0.717) is 27.9 Å². The van der Waals surface area contributed by atoms with Crippen LogP contribution < -0.4 is 5.32 Å². The Morgan fingerprint density at radius 3 is 2.06 bits per heavy atom. The van der Waals surface area contributed by atoms with Crippen molar-refractivity contribution in [1.29, 1.82) is 0 Å². The lowest BCUT2D eigenvalue weighted by molar-refractivity contribution is -0.387. The maximum absolute atomic E-state index is 13.4. The Labute approximate surface area is 209 Å². The van der Waals surface area contributed by atoms with Crippen LogP contribution in [-0.2, 0) is 0 Å². The number of nitrogens with zero attached hydrogens (tertiary/aromatic N) is 7. The van der Waals surface area contributed by atoms with E-state index in [1.807, 2.05) is 12.1 Å². The van der Waals surface area contributed by atoms with Gasteiger partial charge in [-0.1, -0.05) is 11.6 Å². The van der Waals surface area contributed by atoms with Crippen molar-refractivity contribution in [3.8, 4) is 22.5 Å². The van der Waals surface area contributed by atoms with Crippen molar-refractivity contribution in [3.63, 3.8) is 0 Å². The van der Waals surface area contributed by atoms with E-state index in [9.17, 15) is 14.5 Å². The molecule has 0 bridgehead atoms. The van der Waals surface area contributed by atoms with E-state index in [-0.39, 0.29) is 0 Å². The topological polar surface area (TPSA) is 133 Å². The highest BCUT2D eigenvalue weighted by Crippen LogP contribution is 2.29. The van der Waals surface area contributed by atoms with Gasteiger partial charge >= 0.3 is 5.69 Å². The van der Waals surface area contributed by atoms with Gasteiger partial charge in [-0.15, -0.1) is 0 Å².